The number of esters is 1. The predicted molar refractivity (Wildman–Crippen MR) is 100 cm³/mol. The van der Waals surface area contributed by atoms with Crippen LogP contribution in [-0.4, -0.2) is 39.0 Å². The number of rotatable bonds is 7. The van der Waals surface area contributed by atoms with E-state index < -0.39 is 34.6 Å². The summed E-state index contributed by atoms with van der Waals surface area (Å²) in [6.07, 6.45) is -0.733. The molecule has 1 aliphatic carbocycles. The standard InChI is InChI=1S/C18H18N4O8/c1-9-7-10(2)17(21(24)25)15(12-5-4-6-13-16(12)20-30-19-13)14(9)18(23)29-11(3)8-28-22(26)27/h4-6,11,15H,7-8H2,1-3H3/t11-,15+/m0/s1. The Hall–Kier alpha value is -3.83. The van der Waals surface area contributed by atoms with Gasteiger partial charge in [-0.3, -0.25) is 10.1 Å². The molecule has 2 aromatic rings. The summed E-state index contributed by atoms with van der Waals surface area (Å²) in [6, 6.07) is 4.88. The lowest BCUT2D eigenvalue weighted by atomic mass is 9.78. The minimum atomic E-state index is -1.07. The van der Waals surface area contributed by atoms with Crippen molar-refractivity contribution in [3.8, 4) is 0 Å². The predicted octanol–water partition coefficient (Wildman–Crippen LogP) is 2.72. The molecule has 0 bridgehead atoms. The zero-order chi connectivity index (χ0) is 22.0. The van der Waals surface area contributed by atoms with Gasteiger partial charge in [-0.2, -0.15) is 0 Å². The molecule has 0 fully saturated rings. The molecular weight excluding hydrogens is 400 g/mol. The van der Waals surface area contributed by atoms with E-state index in [-0.39, 0.29) is 17.7 Å². The monoisotopic (exact) mass is 418 g/mol. The minimum absolute atomic E-state index is 0.0794. The smallest absolute Gasteiger partial charge is 0.335 e. The molecule has 3 rings (SSSR count). The van der Waals surface area contributed by atoms with Gasteiger partial charge in [0.05, 0.1) is 10.5 Å². The lowest BCUT2D eigenvalue weighted by Crippen LogP contribution is -2.29. The van der Waals surface area contributed by atoms with E-state index in [0.29, 0.717) is 27.7 Å². The Bertz CT molecular complexity index is 1090. The van der Waals surface area contributed by atoms with E-state index in [0.717, 1.165) is 0 Å². The molecule has 1 aromatic heterocycles. The molecule has 0 amide bonds. The molecule has 0 saturated carbocycles. The Balaban J connectivity index is 2.06. The number of carbonyl (C=O) groups excluding carboxylic acids is 1. The van der Waals surface area contributed by atoms with Gasteiger partial charge in [0.1, 0.15) is 29.7 Å². The van der Waals surface area contributed by atoms with Crippen LogP contribution >= 0.6 is 0 Å². The molecule has 1 aliphatic rings. The van der Waals surface area contributed by atoms with E-state index >= 15 is 0 Å². The van der Waals surface area contributed by atoms with Gasteiger partial charge in [0.25, 0.3) is 10.8 Å². The average molecular weight is 418 g/mol. The fourth-order valence-corrected chi connectivity index (χ4v) is 3.58. The number of nitro groups is 1. The second kappa shape index (κ2) is 8.27. The van der Waals surface area contributed by atoms with Crippen molar-refractivity contribution in [3.63, 3.8) is 0 Å². The van der Waals surface area contributed by atoms with Gasteiger partial charge in [-0.15, -0.1) is 10.1 Å². The number of nitrogens with zero attached hydrogens (tertiary/aromatic N) is 4. The van der Waals surface area contributed by atoms with Gasteiger partial charge in [0, 0.05) is 11.1 Å². The lowest BCUT2D eigenvalue weighted by molar-refractivity contribution is -0.759. The highest BCUT2D eigenvalue weighted by atomic mass is 17.0. The summed E-state index contributed by atoms with van der Waals surface area (Å²) in [5.74, 6) is -1.89. The van der Waals surface area contributed by atoms with Crippen molar-refractivity contribution >= 4 is 17.0 Å². The molecule has 0 saturated heterocycles. The van der Waals surface area contributed by atoms with Gasteiger partial charge in [0.15, 0.2) is 0 Å². The average Bonchev–Trinajstić information content (AvgIpc) is 3.14. The Morgan fingerprint density at radius 1 is 1.27 bits per heavy atom. The number of carbonyl (C=O) groups is 1. The van der Waals surface area contributed by atoms with Gasteiger partial charge in [-0.25, -0.2) is 9.42 Å². The summed E-state index contributed by atoms with van der Waals surface area (Å²) in [5, 5.41) is 28.9. The van der Waals surface area contributed by atoms with E-state index in [1.54, 1.807) is 32.0 Å². The molecule has 0 N–H and O–H groups in total. The number of hydrogen-bond acceptors (Lipinski definition) is 10. The van der Waals surface area contributed by atoms with Crippen LogP contribution in [0.1, 0.15) is 38.7 Å². The summed E-state index contributed by atoms with van der Waals surface area (Å²) < 4.78 is 10.1. The zero-order valence-corrected chi connectivity index (χ0v) is 16.4. The Kier molecular flexibility index (Phi) is 5.76. The van der Waals surface area contributed by atoms with E-state index in [1.807, 2.05) is 0 Å². The topological polar surface area (TPSA) is 161 Å². The molecule has 0 radical (unpaired) electrons. The minimum Gasteiger partial charge on any atom is -0.457 e. The van der Waals surface area contributed by atoms with Crippen LogP contribution in [0, 0.1) is 20.2 Å². The Morgan fingerprint density at radius 3 is 2.67 bits per heavy atom. The van der Waals surface area contributed by atoms with Crippen LogP contribution in [0.3, 0.4) is 0 Å². The molecule has 12 nitrogen and oxygen atoms in total. The summed E-state index contributed by atoms with van der Waals surface area (Å²) in [6.45, 7) is 4.27. The second-order valence-electron chi connectivity index (χ2n) is 6.94. The van der Waals surface area contributed by atoms with Crippen LogP contribution in [-0.2, 0) is 14.4 Å². The third kappa shape index (κ3) is 3.97. The van der Waals surface area contributed by atoms with Crippen LogP contribution in [0.15, 0.2) is 45.2 Å². The number of aromatic nitrogens is 2. The first-order valence-electron chi connectivity index (χ1n) is 8.93. The number of ether oxygens (including phenoxy) is 1. The highest BCUT2D eigenvalue weighted by molar-refractivity contribution is 5.94. The Labute approximate surface area is 169 Å². The first-order valence-corrected chi connectivity index (χ1v) is 8.93. The summed E-state index contributed by atoms with van der Waals surface area (Å²) >= 11 is 0. The maximum atomic E-state index is 13.0. The van der Waals surface area contributed by atoms with Crippen molar-refractivity contribution < 1.29 is 29.0 Å². The van der Waals surface area contributed by atoms with Gasteiger partial charge in [-0.1, -0.05) is 17.7 Å². The van der Waals surface area contributed by atoms with Crippen LogP contribution in [0.4, 0.5) is 0 Å². The fraction of sp³-hybridized carbons (Fsp3) is 0.389. The molecule has 12 heteroatoms. The van der Waals surface area contributed by atoms with E-state index in [1.165, 1.54) is 6.92 Å². The van der Waals surface area contributed by atoms with Crippen molar-refractivity contribution in [1.82, 2.24) is 10.3 Å². The number of fused-ring (bicyclic) bond motifs is 1. The van der Waals surface area contributed by atoms with Crippen molar-refractivity contribution in [2.24, 2.45) is 0 Å². The molecule has 0 spiro atoms. The quantitative estimate of drug-likeness (QED) is 0.371. The van der Waals surface area contributed by atoms with E-state index in [9.17, 15) is 25.0 Å². The number of benzene rings is 1. The first-order chi connectivity index (χ1) is 14.2. The molecule has 0 unspecified atom stereocenters. The maximum absolute atomic E-state index is 13.0. The Morgan fingerprint density at radius 2 is 2.00 bits per heavy atom. The van der Waals surface area contributed by atoms with Gasteiger partial charge in [0.2, 0.25) is 0 Å². The van der Waals surface area contributed by atoms with Crippen molar-refractivity contribution in [3.05, 3.63) is 66.4 Å². The second-order valence-corrected chi connectivity index (χ2v) is 6.94. The molecule has 0 aliphatic heterocycles. The largest absolute Gasteiger partial charge is 0.457 e. The SMILES string of the molecule is CC1=C(C(=O)O[C@@H](C)CO[N+](=O)[O-])[C@@H](c2cccc3nonc23)C([N+](=O)[O-])=C(C)C1. The third-order valence-electron chi connectivity index (χ3n) is 4.76. The molecule has 1 heterocycles. The van der Waals surface area contributed by atoms with Crippen LogP contribution < -0.4 is 0 Å². The van der Waals surface area contributed by atoms with Gasteiger partial charge in [-0.05, 0) is 43.6 Å². The molecule has 158 valence electrons. The summed E-state index contributed by atoms with van der Waals surface area (Å²) in [5.41, 5.74) is 2.06. The van der Waals surface area contributed by atoms with Crippen LogP contribution in [0.2, 0.25) is 0 Å². The van der Waals surface area contributed by atoms with Crippen molar-refractivity contribution in [2.45, 2.75) is 39.2 Å². The molecule has 1 aromatic carbocycles. The van der Waals surface area contributed by atoms with E-state index in [4.69, 9.17) is 9.37 Å². The lowest BCUT2D eigenvalue weighted by Gasteiger charge is -2.26. The normalized spacial score (nSPS) is 17.8. The molecular formula is C18H18N4O8. The molecule has 2 atom stereocenters. The van der Waals surface area contributed by atoms with Gasteiger partial charge < -0.3 is 9.57 Å². The fourth-order valence-electron chi connectivity index (χ4n) is 3.58. The summed E-state index contributed by atoms with van der Waals surface area (Å²) in [7, 11) is 0. The van der Waals surface area contributed by atoms with Gasteiger partial charge >= 0.3 is 5.97 Å². The number of allylic oxidation sites excluding steroid dienone is 3. The maximum Gasteiger partial charge on any atom is 0.335 e. The zero-order valence-electron chi connectivity index (χ0n) is 16.4. The first kappa shape index (κ1) is 20.9. The van der Waals surface area contributed by atoms with Crippen LogP contribution in [0.25, 0.3) is 11.0 Å². The third-order valence-corrected chi connectivity index (χ3v) is 4.76. The highest BCUT2D eigenvalue weighted by Gasteiger charge is 2.42. The van der Waals surface area contributed by atoms with E-state index in [2.05, 4.69) is 15.2 Å². The van der Waals surface area contributed by atoms with Crippen molar-refractivity contribution in [1.29, 1.82) is 0 Å². The molecule has 30 heavy (non-hydrogen) atoms. The van der Waals surface area contributed by atoms with Crippen LogP contribution in [0.5, 0.6) is 0 Å². The highest BCUT2D eigenvalue weighted by Crippen LogP contribution is 2.44. The number of hydrogen-bond donors (Lipinski definition) is 0. The summed E-state index contributed by atoms with van der Waals surface area (Å²) in [4.78, 5) is 39.0. The van der Waals surface area contributed by atoms with Crippen molar-refractivity contribution in [2.75, 3.05) is 6.61 Å².